The van der Waals surface area contributed by atoms with Crippen molar-refractivity contribution in [3.63, 3.8) is 0 Å². The molecule has 0 saturated heterocycles. The molecule has 7 nitrogen and oxygen atoms in total. The third-order valence-corrected chi connectivity index (χ3v) is 5.13. The zero-order chi connectivity index (χ0) is 23.4. The first-order valence-corrected chi connectivity index (χ1v) is 10.2. The second-order valence-electron chi connectivity index (χ2n) is 8.00. The number of carbonyl (C=O) groups excluding carboxylic acids is 1. The van der Waals surface area contributed by atoms with Gasteiger partial charge in [0.2, 0.25) is 0 Å². The van der Waals surface area contributed by atoms with Gasteiger partial charge in [-0.1, -0.05) is 23.8 Å². The maximum Gasteiger partial charge on any atom is 0.280 e. The lowest BCUT2D eigenvalue weighted by molar-refractivity contribution is 0.0539. The third-order valence-electron chi connectivity index (χ3n) is 5.13. The van der Waals surface area contributed by atoms with Gasteiger partial charge in [0.15, 0.2) is 5.82 Å². The molecule has 0 spiro atoms. The highest BCUT2D eigenvalue weighted by atomic mass is 19.3. The van der Waals surface area contributed by atoms with Crippen LogP contribution in [0.4, 0.5) is 8.78 Å². The number of hydrogen-bond donors (Lipinski definition) is 1. The Hall–Kier alpha value is -3.33. The van der Waals surface area contributed by atoms with Gasteiger partial charge in [0.05, 0.1) is 17.7 Å². The molecule has 0 aliphatic carbocycles. The first-order valence-electron chi connectivity index (χ1n) is 10.2. The molecular weight excluding hydrogens is 416 g/mol. The highest BCUT2D eigenvalue weighted by Gasteiger charge is 2.21. The van der Waals surface area contributed by atoms with Crippen LogP contribution in [-0.4, -0.2) is 70.6 Å². The van der Waals surface area contributed by atoms with Crippen molar-refractivity contribution in [1.82, 2.24) is 24.6 Å². The number of alkyl halides is 2. The highest BCUT2D eigenvalue weighted by Crippen LogP contribution is 2.21. The number of nitrogens with zero attached hydrogens (tertiary/aromatic N) is 4. The molecule has 1 amide bonds. The molecule has 0 bridgehead atoms. The summed E-state index contributed by atoms with van der Waals surface area (Å²) in [7, 11) is 3.61. The van der Waals surface area contributed by atoms with Gasteiger partial charge in [-0.3, -0.25) is 14.7 Å². The molecule has 3 aromatic rings. The Balaban J connectivity index is 1.84. The lowest BCUT2D eigenvalue weighted by Gasteiger charge is -2.24. The van der Waals surface area contributed by atoms with Crippen LogP contribution in [0.25, 0.3) is 16.9 Å². The molecule has 0 unspecified atom stereocenters. The number of aromatic nitrogens is 3. The van der Waals surface area contributed by atoms with Gasteiger partial charge in [-0.2, -0.15) is 0 Å². The average Bonchev–Trinajstić information content (AvgIpc) is 3.11. The second kappa shape index (κ2) is 9.86. The topological polar surface area (TPSA) is 74.2 Å². The quantitative estimate of drug-likeness (QED) is 0.581. The standard InChI is InChI=1S/C23H27F2N5O2/c1-15-5-7-18(16(2)11-15)19-13-27-30(23(19)32)21-8-6-17(12-26-21)22(31)29(14-20(24)25)10-9-28(3)4/h5-8,11-13,20,27H,9-10,14H2,1-4H3. The Bertz CT molecular complexity index is 1140. The molecule has 1 N–H and O–H groups in total. The van der Waals surface area contributed by atoms with E-state index in [0.29, 0.717) is 17.9 Å². The highest BCUT2D eigenvalue weighted by molar-refractivity contribution is 5.94. The molecule has 0 aliphatic heterocycles. The van der Waals surface area contributed by atoms with Crippen LogP contribution in [0.5, 0.6) is 0 Å². The van der Waals surface area contributed by atoms with Crippen LogP contribution < -0.4 is 5.56 Å². The predicted octanol–water partition coefficient (Wildman–Crippen LogP) is 3.11. The number of hydrogen-bond acceptors (Lipinski definition) is 4. The Morgan fingerprint density at radius 1 is 1.12 bits per heavy atom. The van der Waals surface area contributed by atoms with E-state index in [1.165, 1.54) is 23.0 Å². The number of H-pyrrole nitrogens is 1. The Morgan fingerprint density at radius 3 is 2.47 bits per heavy atom. The van der Waals surface area contributed by atoms with Crippen LogP contribution >= 0.6 is 0 Å². The van der Waals surface area contributed by atoms with E-state index in [2.05, 4.69) is 10.1 Å². The average molecular weight is 443 g/mol. The molecule has 2 heterocycles. The summed E-state index contributed by atoms with van der Waals surface area (Å²) >= 11 is 0. The summed E-state index contributed by atoms with van der Waals surface area (Å²) in [6, 6.07) is 8.86. The number of benzene rings is 1. The van der Waals surface area contributed by atoms with E-state index in [9.17, 15) is 18.4 Å². The zero-order valence-electron chi connectivity index (χ0n) is 18.6. The number of pyridine rings is 1. The fourth-order valence-corrected chi connectivity index (χ4v) is 3.44. The number of aromatic amines is 1. The molecule has 0 fully saturated rings. The molecule has 2 aromatic heterocycles. The monoisotopic (exact) mass is 443 g/mol. The Kier molecular flexibility index (Phi) is 7.19. The predicted molar refractivity (Wildman–Crippen MR) is 120 cm³/mol. The van der Waals surface area contributed by atoms with Gasteiger partial charge in [-0.05, 0) is 51.2 Å². The Morgan fingerprint density at radius 2 is 1.88 bits per heavy atom. The van der Waals surface area contributed by atoms with Crippen molar-refractivity contribution >= 4 is 5.91 Å². The fourth-order valence-electron chi connectivity index (χ4n) is 3.44. The molecule has 170 valence electrons. The van der Waals surface area contributed by atoms with Crippen LogP contribution in [-0.2, 0) is 0 Å². The van der Waals surface area contributed by atoms with E-state index in [-0.39, 0.29) is 17.7 Å². The van der Waals surface area contributed by atoms with Gasteiger partial charge in [0.1, 0.15) is 0 Å². The third kappa shape index (κ3) is 5.28. The first kappa shape index (κ1) is 23.3. The van der Waals surface area contributed by atoms with Crippen molar-refractivity contribution in [2.45, 2.75) is 20.3 Å². The summed E-state index contributed by atoms with van der Waals surface area (Å²) < 4.78 is 27.2. The normalized spacial score (nSPS) is 11.4. The van der Waals surface area contributed by atoms with Crippen LogP contribution in [0.1, 0.15) is 21.5 Å². The Labute approximate surface area is 185 Å². The number of halogens is 2. The molecule has 9 heteroatoms. The van der Waals surface area contributed by atoms with Crippen molar-refractivity contribution in [3.8, 4) is 16.9 Å². The van der Waals surface area contributed by atoms with Crippen LogP contribution in [0.3, 0.4) is 0 Å². The van der Waals surface area contributed by atoms with Crippen LogP contribution in [0.2, 0.25) is 0 Å². The number of likely N-dealkylation sites (N-methyl/N-ethyl adjacent to an activating group) is 1. The zero-order valence-corrected chi connectivity index (χ0v) is 18.6. The van der Waals surface area contributed by atoms with E-state index >= 15 is 0 Å². The van der Waals surface area contributed by atoms with E-state index in [1.54, 1.807) is 6.20 Å². The molecule has 0 aliphatic rings. The van der Waals surface area contributed by atoms with E-state index in [4.69, 9.17) is 0 Å². The minimum atomic E-state index is -2.63. The molecule has 1 aromatic carbocycles. The van der Waals surface area contributed by atoms with Gasteiger partial charge in [0, 0.05) is 25.5 Å². The number of nitrogens with one attached hydrogen (secondary N) is 1. The van der Waals surface area contributed by atoms with Crippen molar-refractivity contribution in [3.05, 3.63) is 69.8 Å². The number of aryl methyl sites for hydroxylation is 2. The minimum Gasteiger partial charge on any atom is -0.332 e. The smallest absolute Gasteiger partial charge is 0.280 e. The molecule has 0 saturated carbocycles. The molecular formula is C23H27F2N5O2. The van der Waals surface area contributed by atoms with Gasteiger partial charge in [-0.15, -0.1) is 0 Å². The van der Waals surface area contributed by atoms with Crippen molar-refractivity contribution in [2.75, 3.05) is 33.7 Å². The summed E-state index contributed by atoms with van der Waals surface area (Å²) in [6.07, 6.45) is 0.289. The van der Waals surface area contributed by atoms with E-state index < -0.39 is 18.9 Å². The van der Waals surface area contributed by atoms with E-state index in [0.717, 1.165) is 21.6 Å². The summed E-state index contributed by atoms with van der Waals surface area (Å²) in [6.45, 7) is 3.92. The van der Waals surface area contributed by atoms with E-state index in [1.807, 2.05) is 51.0 Å². The van der Waals surface area contributed by atoms with Crippen molar-refractivity contribution in [1.29, 1.82) is 0 Å². The summed E-state index contributed by atoms with van der Waals surface area (Å²) in [5, 5.41) is 2.90. The van der Waals surface area contributed by atoms with Crippen LogP contribution in [0.15, 0.2) is 47.5 Å². The van der Waals surface area contributed by atoms with Gasteiger partial charge < -0.3 is 9.80 Å². The summed E-state index contributed by atoms with van der Waals surface area (Å²) in [5.41, 5.74) is 3.34. The lowest BCUT2D eigenvalue weighted by atomic mass is 10.0. The lowest BCUT2D eigenvalue weighted by Crippen LogP contribution is -2.39. The molecule has 3 rings (SSSR count). The number of rotatable bonds is 8. The molecule has 0 radical (unpaired) electrons. The number of carbonyl (C=O) groups is 1. The maximum absolute atomic E-state index is 12.9. The van der Waals surface area contributed by atoms with Crippen molar-refractivity contribution < 1.29 is 13.6 Å². The minimum absolute atomic E-state index is 0.174. The fraction of sp³-hybridized carbons (Fsp3) is 0.348. The summed E-state index contributed by atoms with van der Waals surface area (Å²) in [4.78, 5) is 32.8. The first-order chi connectivity index (χ1) is 15.2. The molecule has 0 atom stereocenters. The van der Waals surface area contributed by atoms with Gasteiger partial charge in [0.25, 0.3) is 17.9 Å². The second-order valence-corrected chi connectivity index (χ2v) is 8.00. The van der Waals surface area contributed by atoms with Crippen molar-refractivity contribution in [2.24, 2.45) is 0 Å². The largest absolute Gasteiger partial charge is 0.332 e. The maximum atomic E-state index is 12.9. The van der Waals surface area contributed by atoms with Gasteiger partial charge >= 0.3 is 0 Å². The number of amides is 1. The SMILES string of the molecule is Cc1ccc(-c2c[nH]n(-c3ccc(C(=O)N(CCN(C)C)CC(F)F)cn3)c2=O)c(C)c1. The van der Waals surface area contributed by atoms with Crippen LogP contribution in [0, 0.1) is 13.8 Å². The van der Waals surface area contributed by atoms with Gasteiger partial charge in [-0.25, -0.2) is 18.4 Å². The summed E-state index contributed by atoms with van der Waals surface area (Å²) in [5.74, 6) is -0.225. The molecule has 32 heavy (non-hydrogen) atoms.